The zero-order valence-electron chi connectivity index (χ0n) is 19.8. The Labute approximate surface area is 199 Å². The molecule has 0 aliphatic carbocycles. The Morgan fingerprint density at radius 3 is 2.79 bits per heavy atom. The van der Waals surface area contributed by atoms with E-state index in [0.29, 0.717) is 38.4 Å². The predicted octanol–water partition coefficient (Wildman–Crippen LogP) is 1.64. The lowest BCUT2D eigenvalue weighted by atomic mass is 9.97. The molecule has 10 heteroatoms. The number of benzene rings is 1. The summed E-state index contributed by atoms with van der Waals surface area (Å²) in [5.41, 5.74) is 7.83. The number of likely N-dealkylation sites (tertiary alicyclic amines) is 2. The van der Waals surface area contributed by atoms with Crippen molar-refractivity contribution in [2.24, 2.45) is 5.92 Å². The van der Waals surface area contributed by atoms with E-state index in [9.17, 15) is 14.4 Å². The van der Waals surface area contributed by atoms with Crippen LogP contribution in [0.4, 0.5) is 16.4 Å². The minimum absolute atomic E-state index is 0.104. The molecule has 2 aliphatic rings. The van der Waals surface area contributed by atoms with Crippen LogP contribution in [0.1, 0.15) is 30.5 Å². The van der Waals surface area contributed by atoms with E-state index in [1.165, 1.54) is 6.07 Å². The summed E-state index contributed by atoms with van der Waals surface area (Å²) < 4.78 is 0. The van der Waals surface area contributed by atoms with Crippen LogP contribution in [-0.4, -0.2) is 75.9 Å². The molecule has 1 aromatic heterocycles. The van der Waals surface area contributed by atoms with E-state index in [2.05, 4.69) is 20.2 Å². The Morgan fingerprint density at radius 1 is 1.21 bits per heavy atom. The maximum Gasteiger partial charge on any atom is 0.321 e. The zero-order valence-corrected chi connectivity index (χ0v) is 19.8. The van der Waals surface area contributed by atoms with E-state index in [1.807, 2.05) is 43.1 Å². The van der Waals surface area contributed by atoms with Crippen LogP contribution >= 0.6 is 0 Å². The van der Waals surface area contributed by atoms with Crippen LogP contribution in [0, 0.1) is 12.8 Å². The van der Waals surface area contributed by atoms with Gasteiger partial charge in [0, 0.05) is 50.5 Å². The molecular weight excluding hydrogens is 434 g/mol. The average molecular weight is 468 g/mol. The highest BCUT2D eigenvalue weighted by Gasteiger charge is 2.35. The molecule has 0 saturated carbocycles. The Hall–Kier alpha value is -3.40. The van der Waals surface area contributed by atoms with Gasteiger partial charge in [0.2, 0.25) is 11.9 Å². The number of piperidine rings is 1. The van der Waals surface area contributed by atoms with Gasteiger partial charge in [-0.2, -0.15) is 0 Å². The maximum absolute atomic E-state index is 13.3. The topological polar surface area (TPSA) is 128 Å². The summed E-state index contributed by atoms with van der Waals surface area (Å²) in [4.78, 5) is 50.1. The Morgan fingerprint density at radius 2 is 2.03 bits per heavy atom. The second kappa shape index (κ2) is 10.3. The standard InChI is InChI=1S/C24H33N7O3/c1-16-5-3-7-18(11-16)27-24(34)31-9-4-6-17(13-31)22(33)30-10-8-20(15-30)29(2)14-19-12-21(32)28-23(25)26-19/h3,5,7,11-12,17,20H,4,6,8-10,13-15H2,1-2H3,(H,27,34)(H3,25,26,28,32). The number of nitrogen functional groups attached to an aromatic ring is 1. The number of likely N-dealkylation sites (N-methyl/N-ethyl adjacent to an activating group) is 1. The van der Waals surface area contributed by atoms with Crippen LogP contribution in [0.5, 0.6) is 0 Å². The summed E-state index contributed by atoms with van der Waals surface area (Å²) in [6, 6.07) is 9.16. The van der Waals surface area contributed by atoms with E-state index in [0.717, 1.165) is 30.5 Å². The molecule has 0 radical (unpaired) electrons. The molecule has 4 rings (SSSR count). The first-order chi connectivity index (χ1) is 16.3. The molecule has 34 heavy (non-hydrogen) atoms. The smallest absolute Gasteiger partial charge is 0.321 e. The number of hydrogen-bond donors (Lipinski definition) is 3. The summed E-state index contributed by atoms with van der Waals surface area (Å²) in [6.45, 7) is 4.86. The summed E-state index contributed by atoms with van der Waals surface area (Å²) in [6.07, 6.45) is 2.45. The highest BCUT2D eigenvalue weighted by Crippen LogP contribution is 2.24. The van der Waals surface area contributed by atoms with Crippen LogP contribution in [0.3, 0.4) is 0 Å². The number of hydrogen-bond acceptors (Lipinski definition) is 6. The van der Waals surface area contributed by atoms with Gasteiger partial charge in [-0.15, -0.1) is 0 Å². The van der Waals surface area contributed by atoms with Gasteiger partial charge in [-0.1, -0.05) is 12.1 Å². The molecular formula is C24H33N7O3. The normalized spacial score (nSPS) is 20.6. The van der Waals surface area contributed by atoms with Crippen LogP contribution in [-0.2, 0) is 11.3 Å². The van der Waals surface area contributed by atoms with E-state index in [-0.39, 0.29) is 35.4 Å². The quantitative estimate of drug-likeness (QED) is 0.613. The fourth-order valence-corrected chi connectivity index (χ4v) is 4.84. The monoisotopic (exact) mass is 467 g/mol. The summed E-state index contributed by atoms with van der Waals surface area (Å²) in [7, 11) is 1.97. The third-order valence-corrected chi connectivity index (χ3v) is 6.65. The van der Waals surface area contributed by atoms with Crippen molar-refractivity contribution in [2.75, 3.05) is 44.3 Å². The molecule has 2 aliphatic heterocycles. The van der Waals surface area contributed by atoms with Gasteiger partial charge >= 0.3 is 6.03 Å². The number of aromatic amines is 1. The van der Waals surface area contributed by atoms with Crippen molar-refractivity contribution >= 4 is 23.6 Å². The molecule has 2 fully saturated rings. The van der Waals surface area contributed by atoms with E-state index >= 15 is 0 Å². The van der Waals surface area contributed by atoms with Gasteiger partial charge in [-0.25, -0.2) is 9.78 Å². The number of nitrogens with one attached hydrogen (secondary N) is 2. The van der Waals surface area contributed by atoms with Crippen molar-refractivity contribution in [1.82, 2.24) is 24.7 Å². The first-order valence-corrected chi connectivity index (χ1v) is 11.8. The lowest BCUT2D eigenvalue weighted by Crippen LogP contribution is -2.48. The molecule has 3 heterocycles. The van der Waals surface area contributed by atoms with Crippen LogP contribution in [0.15, 0.2) is 35.1 Å². The Bertz CT molecular complexity index is 1100. The zero-order chi connectivity index (χ0) is 24.2. The van der Waals surface area contributed by atoms with Gasteiger partial charge in [-0.3, -0.25) is 19.5 Å². The first-order valence-electron chi connectivity index (χ1n) is 11.8. The summed E-state index contributed by atoms with van der Waals surface area (Å²) in [5, 5.41) is 2.95. The van der Waals surface area contributed by atoms with Gasteiger partial charge in [0.25, 0.3) is 5.56 Å². The number of aryl methyl sites for hydroxylation is 1. The molecule has 2 atom stereocenters. The maximum atomic E-state index is 13.3. The number of rotatable bonds is 5. The van der Waals surface area contributed by atoms with Crippen molar-refractivity contribution < 1.29 is 9.59 Å². The Balaban J connectivity index is 1.31. The molecule has 1 aromatic carbocycles. The number of carbonyl (C=O) groups excluding carboxylic acids is 2. The minimum atomic E-state index is -0.271. The lowest BCUT2D eigenvalue weighted by molar-refractivity contribution is -0.136. The van der Waals surface area contributed by atoms with Crippen molar-refractivity contribution in [3.05, 3.63) is 51.9 Å². The summed E-state index contributed by atoms with van der Waals surface area (Å²) >= 11 is 0. The predicted molar refractivity (Wildman–Crippen MR) is 130 cm³/mol. The van der Waals surface area contributed by atoms with Crippen LogP contribution in [0.2, 0.25) is 0 Å². The van der Waals surface area contributed by atoms with Gasteiger partial charge in [0.1, 0.15) is 0 Å². The highest BCUT2D eigenvalue weighted by molar-refractivity contribution is 5.90. The molecule has 0 spiro atoms. The number of carbonyl (C=O) groups is 2. The van der Waals surface area contributed by atoms with Crippen molar-refractivity contribution in [3.8, 4) is 0 Å². The number of nitrogens with zero attached hydrogens (tertiary/aromatic N) is 4. The van der Waals surface area contributed by atoms with Crippen LogP contribution < -0.4 is 16.6 Å². The average Bonchev–Trinajstić information content (AvgIpc) is 3.28. The van der Waals surface area contributed by atoms with Crippen molar-refractivity contribution in [1.29, 1.82) is 0 Å². The van der Waals surface area contributed by atoms with Crippen LogP contribution in [0.25, 0.3) is 0 Å². The molecule has 2 aromatic rings. The lowest BCUT2D eigenvalue weighted by Gasteiger charge is -2.34. The van der Waals surface area contributed by atoms with E-state index in [4.69, 9.17) is 5.73 Å². The summed E-state index contributed by atoms with van der Waals surface area (Å²) in [5.74, 6) is 0.0325. The molecule has 182 valence electrons. The second-order valence-electron chi connectivity index (χ2n) is 9.35. The molecule has 2 saturated heterocycles. The highest BCUT2D eigenvalue weighted by atomic mass is 16.2. The number of amides is 3. The second-order valence-corrected chi connectivity index (χ2v) is 9.35. The van der Waals surface area contributed by atoms with Gasteiger partial charge in [0.05, 0.1) is 11.6 Å². The third kappa shape index (κ3) is 5.74. The molecule has 4 N–H and O–H groups in total. The van der Waals surface area contributed by atoms with Gasteiger partial charge < -0.3 is 20.9 Å². The Kier molecular flexibility index (Phi) is 7.16. The SMILES string of the molecule is Cc1cccc(NC(=O)N2CCCC(C(=O)N3CCC(N(C)Cc4cc(=O)[nH]c(N)n4)C3)C2)c1. The molecule has 10 nitrogen and oxygen atoms in total. The molecule has 3 amide bonds. The van der Waals surface area contributed by atoms with E-state index in [1.54, 1.807) is 4.90 Å². The van der Waals surface area contributed by atoms with Gasteiger partial charge in [0.15, 0.2) is 0 Å². The van der Waals surface area contributed by atoms with E-state index < -0.39 is 0 Å². The number of aromatic nitrogens is 2. The van der Waals surface area contributed by atoms with Crippen molar-refractivity contribution in [2.45, 2.75) is 38.8 Å². The number of urea groups is 1. The molecule has 2 unspecified atom stereocenters. The van der Waals surface area contributed by atoms with Crippen molar-refractivity contribution in [3.63, 3.8) is 0 Å². The fraction of sp³-hybridized carbons (Fsp3) is 0.500. The number of nitrogens with two attached hydrogens (primary N) is 1. The van der Waals surface area contributed by atoms with Gasteiger partial charge in [-0.05, 0) is 50.9 Å². The number of anilines is 2. The molecule has 0 bridgehead atoms. The third-order valence-electron chi connectivity index (χ3n) is 6.65. The largest absolute Gasteiger partial charge is 0.369 e. The fourth-order valence-electron chi connectivity index (χ4n) is 4.84. The first kappa shape index (κ1) is 23.7. The minimum Gasteiger partial charge on any atom is -0.369 e. The number of H-pyrrole nitrogens is 1.